The highest BCUT2D eigenvalue weighted by molar-refractivity contribution is 5.90. The van der Waals surface area contributed by atoms with E-state index >= 15 is 0 Å². The average Bonchev–Trinajstić information content (AvgIpc) is 3.21. The average molecular weight is 427 g/mol. The number of carbonyl (C=O) groups excluding carboxylic acids is 2. The predicted octanol–water partition coefficient (Wildman–Crippen LogP) is 3.82. The molecule has 3 fully saturated rings. The number of piperidine rings is 1. The number of nitrogens with one attached hydrogen (secondary N) is 1. The van der Waals surface area contributed by atoms with Gasteiger partial charge in [-0.05, 0) is 51.2 Å². The summed E-state index contributed by atoms with van der Waals surface area (Å²) in [5, 5.41) is 3.04. The summed E-state index contributed by atoms with van der Waals surface area (Å²) in [6, 6.07) is 7.89. The Morgan fingerprint density at radius 3 is 2.32 bits per heavy atom. The standard InChI is InChI=1S/C25H38N4O2/c1-5-28-15-12-25(22(28)30)18-27(16-19(2)3)17-24(25)10-13-29(14-11-24)23(31)26-21-8-6-20(4)7-9-21/h6-9,19H,5,10-18H2,1-4H3,(H,26,31). The fraction of sp³-hybridized carbons (Fsp3) is 0.680. The molecule has 31 heavy (non-hydrogen) atoms. The van der Waals surface area contributed by atoms with Gasteiger partial charge >= 0.3 is 6.03 Å². The molecule has 0 radical (unpaired) electrons. The van der Waals surface area contributed by atoms with Crippen molar-refractivity contribution in [2.24, 2.45) is 16.7 Å². The van der Waals surface area contributed by atoms with Gasteiger partial charge in [-0.25, -0.2) is 4.79 Å². The van der Waals surface area contributed by atoms with Crippen molar-refractivity contribution in [1.29, 1.82) is 0 Å². The highest BCUT2D eigenvalue weighted by Crippen LogP contribution is 2.57. The maximum absolute atomic E-state index is 13.6. The molecule has 0 bridgehead atoms. The van der Waals surface area contributed by atoms with Crippen LogP contribution >= 0.6 is 0 Å². The van der Waals surface area contributed by atoms with E-state index in [9.17, 15) is 9.59 Å². The fourth-order valence-corrected chi connectivity index (χ4v) is 6.22. The Bertz CT molecular complexity index is 813. The Hall–Kier alpha value is -2.08. The zero-order valence-corrected chi connectivity index (χ0v) is 19.6. The van der Waals surface area contributed by atoms with E-state index < -0.39 is 0 Å². The zero-order chi connectivity index (χ0) is 22.2. The molecule has 1 N–H and O–H groups in total. The summed E-state index contributed by atoms with van der Waals surface area (Å²) in [6.07, 6.45) is 2.78. The first-order valence-corrected chi connectivity index (χ1v) is 11.9. The number of carbonyl (C=O) groups is 2. The molecule has 3 aliphatic heterocycles. The number of hydrogen-bond acceptors (Lipinski definition) is 3. The Morgan fingerprint density at radius 1 is 1.06 bits per heavy atom. The van der Waals surface area contributed by atoms with Crippen LogP contribution in [-0.2, 0) is 4.79 Å². The van der Waals surface area contributed by atoms with Gasteiger partial charge in [-0.3, -0.25) is 4.79 Å². The first kappa shape index (κ1) is 22.1. The van der Waals surface area contributed by atoms with E-state index in [1.54, 1.807) is 0 Å². The molecule has 1 aromatic carbocycles. The highest BCUT2D eigenvalue weighted by Gasteiger charge is 2.64. The van der Waals surface area contributed by atoms with Gasteiger partial charge in [0.15, 0.2) is 0 Å². The maximum atomic E-state index is 13.6. The second-order valence-corrected chi connectivity index (χ2v) is 10.3. The SMILES string of the molecule is CCN1CCC2(CN(CC(C)C)CC23CCN(C(=O)Nc2ccc(C)cc2)CC3)C1=O. The molecular weight excluding hydrogens is 388 g/mol. The number of nitrogens with zero attached hydrogens (tertiary/aromatic N) is 3. The summed E-state index contributed by atoms with van der Waals surface area (Å²) in [5.74, 6) is 0.949. The van der Waals surface area contributed by atoms with E-state index in [-0.39, 0.29) is 16.9 Å². The van der Waals surface area contributed by atoms with Crippen molar-refractivity contribution in [3.8, 4) is 0 Å². The maximum Gasteiger partial charge on any atom is 0.321 e. The van der Waals surface area contributed by atoms with Crippen LogP contribution in [0.5, 0.6) is 0 Å². The van der Waals surface area contributed by atoms with Gasteiger partial charge < -0.3 is 20.0 Å². The van der Waals surface area contributed by atoms with E-state index in [0.29, 0.717) is 24.9 Å². The zero-order valence-electron chi connectivity index (χ0n) is 19.6. The van der Waals surface area contributed by atoms with Gasteiger partial charge in [0.05, 0.1) is 5.41 Å². The number of anilines is 1. The Balaban J connectivity index is 1.48. The van der Waals surface area contributed by atoms with Crippen LogP contribution in [0.3, 0.4) is 0 Å². The van der Waals surface area contributed by atoms with Gasteiger partial charge in [0.1, 0.15) is 0 Å². The van der Waals surface area contributed by atoms with Crippen LogP contribution in [0.15, 0.2) is 24.3 Å². The minimum atomic E-state index is -0.266. The van der Waals surface area contributed by atoms with Crippen LogP contribution < -0.4 is 5.32 Å². The fourth-order valence-electron chi connectivity index (χ4n) is 6.22. The molecule has 1 aromatic rings. The number of fused-ring (bicyclic) bond motifs is 1. The molecule has 3 amide bonds. The normalized spacial score (nSPS) is 25.9. The summed E-state index contributed by atoms with van der Waals surface area (Å²) < 4.78 is 0. The second kappa shape index (κ2) is 8.45. The summed E-state index contributed by atoms with van der Waals surface area (Å²) >= 11 is 0. The van der Waals surface area contributed by atoms with Gasteiger partial charge in [0.25, 0.3) is 0 Å². The van der Waals surface area contributed by atoms with Crippen molar-refractivity contribution in [1.82, 2.24) is 14.7 Å². The number of aryl methyl sites for hydroxylation is 1. The first-order chi connectivity index (χ1) is 14.8. The lowest BCUT2D eigenvalue weighted by Crippen LogP contribution is -2.54. The van der Waals surface area contributed by atoms with Crippen LogP contribution in [0, 0.1) is 23.7 Å². The summed E-state index contributed by atoms with van der Waals surface area (Å²) in [6.45, 7) is 14.7. The molecule has 3 heterocycles. The number of benzene rings is 1. The Morgan fingerprint density at radius 2 is 1.74 bits per heavy atom. The molecule has 4 rings (SSSR count). The minimum Gasteiger partial charge on any atom is -0.342 e. The van der Waals surface area contributed by atoms with Crippen molar-refractivity contribution in [2.75, 3.05) is 51.1 Å². The molecule has 3 aliphatic rings. The molecule has 2 spiro atoms. The van der Waals surface area contributed by atoms with Crippen LogP contribution in [0.4, 0.5) is 10.5 Å². The van der Waals surface area contributed by atoms with Crippen LogP contribution in [0.2, 0.25) is 0 Å². The van der Waals surface area contributed by atoms with Gasteiger partial charge in [-0.15, -0.1) is 0 Å². The lowest BCUT2D eigenvalue weighted by atomic mass is 9.60. The summed E-state index contributed by atoms with van der Waals surface area (Å²) in [5.41, 5.74) is 1.74. The molecule has 0 aliphatic carbocycles. The highest BCUT2D eigenvalue weighted by atomic mass is 16.2. The van der Waals surface area contributed by atoms with Crippen molar-refractivity contribution in [3.05, 3.63) is 29.8 Å². The van der Waals surface area contributed by atoms with Gasteiger partial charge in [0, 0.05) is 56.9 Å². The topological polar surface area (TPSA) is 55.9 Å². The molecule has 1 atom stereocenters. The van der Waals surface area contributed by atoms with Gasteiger partial charge in [0.2, 0.25) is 5.91 Å². The van der Waals surface area contributed by atoms with Crippen LogP contribution in [0.25, 0.3) is 0 Å². The van der Waals surface area contributed by atoms with E-state index in [4.69, 9.17) is 0 Å². The summed E-state index contributed by atoms with van der Waals surface area (Å²) in [4.78, 5) is 32.9. The van der Waals surface area contributed by atoms with Crippen molar-refractivity contribution in [2.45, 2.75) is 47.0 Å². The van der Waals surface area contributed by atoms with Crippen LogP contribution in [-0.4, -0.2) is 72.5 Å². The van der Waals surface area contributed by atoms with Crippen molar-refractivity contribution >= 4 is 17.6 Å². The van der Waals surface area contributed by atoms with E-state index in [0.717, 1.165) is 57.7 Å². The monoisotopic (exact) mass is 426 g/mol. The Kier molecular flexibility index (Phi) is 6.03. The number of likely N-dealkylation sites (tertiary alicyclic amines) is 3. The molecule has 0 saturated carbocycles. The lowest BCUT2D eigenvalue weighted by molar-refractivity contribution is -0.141. The number of hydrogen-bond donors (Lipinski definition) is 1. The number of rotatable bonds is 4. The quantitative estimate of drug-likeness (QED) is 0.796. The molecule has 0 aromatic heterocycles. The van der Waals surface area contributed by atoms with E-state index in [2.05, 4.69) is 35.9 Å². The minimum absolute atomic E-state index is 0.0104. The number of amides is 3. The number of urea groups is 1. The summed E-state index contributed by atoms with van der Waals surface area (Å²) in [7, 11) is 0. The third-order valence-electron chi connectivity index (χ3n) is 7.86. The third-order valence-corrected chi connectivity index (χ3v) is 7.86. The molecule has 1 unspecified atom stereocenters. The smallest absolute Gasteiger partial charge is 0.321 e. The second-order valence-electron chi connectivity index (χ2n) is 10.3. The molecule has 6 nitrogen and oxygen atoms in total. The van der Waals surface area contributed by atoms with E-state index in [1.807, 2.05) is 36.1 Å². The lowest BCUT2D eigenvalue weighted by Gasteiger charge is -2.47. The molecular formula is C25H38N4O2. The first-order valence-electron chi connectivity index (χ1n) is 11.9. The molecule has 6 heteroatoms. The molecule has 3 saturated heterocycles. The largest absolute Gasteiger partial charge is 0.342 e. The van der Waals surface area contributed by atoms with Crippen molar-refractivity contribution < 1.29 is 9.59 Å². The third kappa shape index (κ3) is 3.95. The van der Waals surface area contributed by atoms with Gasteiger partial charge in [-0.2, -0.15) is 0 Å². The Labute approximate surface area is 187 Å². The van der Waals surface area contributed by atoms with Crippen LogP contribution in [0.1, 0.15) is 45.6 Å². The van der Waals surface area contributed by atoms with E-state index in [1.165, 1.54) is 5.56 Å². The predicted molar refractivity (Wildman–Crippen MR) is 124 cm³/mol. The van der Waals surface area contributed by atoms with Gasteiger partial charge in [-0.1, -0.05) is 31.5 Å². The molecule has 170 valence electrons. The van der Waals surface area contributed by atoms with Crippen molar-refractivity contribution in [3.63, 3.8) is 0 Å².